The second-order valence-corrected chi connectivity index (χ2v) is 7.45. The van der Waals surface area contributed by atoms with Gasteiger partial charge in [-0.3, -0.25) is 4.98 Å². The summed E-state index contributed by atoms with van der Waals surface area (Å²) in [5.74, 6) is 0.889. The van der Waals surface area contributed by atoms with Crippen LogP contribution < -0.4 is 4.74 Å². The predicted molar refractivity (Wildman–Crippen MR) is 99.8 cm³/mol. The van der Waals surface area contributed by atoms with E-state index < -0.39 is 0 Å². The number of aromatic nitrogens is 2. The first-order chi connectivity index (χ1) is 12.3. The van der Waals surface area contributed by atoms with E-state index in [9.17, 15) is 0 Å². The lowest BCUT2D eigenvalue weighted by Crippen LogP contribution is -2.43. The smallest absolute Gasteiger partial charge is 0.138 e. The largest absolute Gasteiger partial charge is 0.489 e. The first-order valence-corrected chi connectivity index (χ1v) is 9.17. The van der Waals surface area contributed by atoms with Gasteiger partial charge in [-0.1, -0.05) is 6.07 Å². The molecule has 2 bridgehead atoms. The van der Waals surface area contributed by atoms with Crippen molar-refractivity contribution < 1.29 is 4.74 Å². The van der Waals surface area contributed by atoms with E-state index in [0.29, 0.717) is 18.2 Å². The van der Waals surface area contributed by atoms with Crippen molar-refractivity contribution in [2.45, 2.75) is 43.9 Å². The van der Waals surface area contributed by atoms with Gasteiger partial charge in [-0.25, -0.2) is 0 Å². The Labute approximate surface area is 147 Å². The molecule has 4 heterocycles. The minimum Gasteiger partial charge on any atom is -0.489 e. The van der Waals surface area contributed by atoms with E-state index in [1.807, 2.05) is 18.6 Å². The standard InChI is InChI=1S/C21H23N3O/c1-24-17-3-4-18(24)11-19(10-17)25-20-9-16(12-22-13-20)14-2-5-21-15(8-14)6-7-23-21/h2,5-9,12-13,17-19,23H,3-4,10-11H2,1H3. The second-order valence-electron chi connectivity index (χ2n) is 7.45. The molecular formula is C21H23N3O. The normalized spacial score (nSPS) is 26.2. The van der Waals surface area contributed by atoms with Crippen LogP contribution in [0.4, 0.5) is 0 Å². The SMILES string of the molecule is CN1C2CCC1CC(Oc1cncc(-c3ccc4[nH]ccc4c3)c1)C2. The van der Waals surface area contributed by atoms with Crippen molar-refractivity contribution in [2.24, 2.45) is 0 Å². The number of nitrogens with one attached hydrogen (secondary N) is 1. The van der Waals surface area contributed by atoms with Crippen molar-refractivity contribution in [2.75, 3.05) is 7.05 Å². The fraction of sp³-hybridized carbons (Fsp3) is 0.381. The van der Waals surface area contributed by atoms with Gasteiger partial charge in [0.25, 0.3) is 0 Å². The maximum Gasteiger partial charge on any atom is 0.138 e. The molecule has 0 amide bonds. The van der Waals surface area contributed by atoms with Crippen molar-refractivity contribution >= 4 is 10.9 Å². The molecule has 2 aliphatic heterocycles. The van der Waals surface area contributed by atoms with Crippen LogP contribution in [-0.4, -0.2) is 40.1 Å². The number of rotatable bonds is 3. The first kappa shape index (κ1) is 15.0. The molecule has 0 radical (unpaired) electrons. The number of hydrogen-bond donors (Lipinski definition) is 1. The van der Waals surface area contributed by atoms with Gasteiger partial charge in [-0.2, -0.15) is 0 Å². The summed E-state index contributed by atoms with van der Waals surface area (Å²) in [4.78, 5) is 10.2. The van der Waals surface area contributed by atoms with E-state index in [4.69, 9.17) is 4.74 Å². The maximum atomic E-state index is 6.32. The highest BCUT2D eigenvalue weighted by Crippen LogP contribution is 2.36. The lowest BCUT2D eigenvalue weighted by molar-refractivity contribution is 0.0660. The van der Waals surface area contributed by atoms with Gasteiger partial charge >= 0.3 is 0 Å². The maximum absolute atomic E-state index is 6.32. The molecule has 1 N–H and O–H groups in total. The number of H-pyrrole nitrogens is 1. The van der Waals surface area contributed by atoms with E-state index in [1.165, 1.54) is 23.8 Å². The van der Waals surface area contributed by atoms with Crippen LogP contribution in [0.2, 0.25) is 0 Å². The molecule has 0 spiro atoms. The Morgan fingerprint density at radius 1 is 1.04 bits per heavy atom. The summed E-state index contributed by atoms with van der Waals surface area (Å²) in [6, 6.07) is 12.1. The van der Waals surface area contributed by atoms with Crippen LogP contribution >= 0.6 is 0 Å². The highest BCUT2D eigenvalue weighted by Gasteiger charge is 2.39. The fourth-order valence-electron chi connectivity index (χ4n) is 4.52. The summed E-state index contributed by atoms with van der Waals surface area (Å²) < 4.78 is 6.32. The van der Waals surface area contributed by atoms with Gasteiger partial charge in [0.2, 0.25) is 0 Å². The number of benzene rings is 1. The van der Waals surface area contributed by atoms with Crippen LogP contribution in [0.25, 0.3) is 22.0 Å². The third-order valence-corrected chi connectivity index (χ3v) is 5.96. The van der Waals surface area contributed by atoms with E-state index in [1.54, 1.807) is 0 Å². The molecule has 2 aliphatic rings. The third-order valence-electron chi connectivity index (χ3n) is 5.96. The summed E-state index contributed by atoms with van der Waals surface area (Å²) in [5, 5.41) is 1.22. The van der Waals surface area contributed by atoms with Crippen molar-refractivity contribution in [3.8, 4) is 16.9 Å². The molecule has 5 rings (SSSR count). The minimum atomic E-state index is 0.318. The highest BCUT2D eigenvalue weighted by atomic mass is 16.5. The van der Waals surface area contributed by atoms with Crippen LogP contribution in [-0.2, 0) is 0 Å². The molecule has 2 fully saturated rings. The monoisotopic (exact) mass is 333 g/mol. The molecule has 1 aromatic carbocycles. The van der Waals surface area contributed by atoms with Gasteiger partial charge < -0.3 is 14.6 Å². The molecule has 2 unspecified atom stereocenters. The van der Waals surface area contributed by atoms with Gasteiger partial charge in [-0.15, -0.1) is 0 Å². The molecule has 0 saturated carbocycles. The van der Waals surface area contributed by atoms with Gasteiger partial charge in [-0.05, 0) is 67.9 Å². The number of fused-ring (bicyclic) bond motifs is 3. The number of aromatic amines is 1. The number of pyridine rings is 1. The Balaban J connectivity index is 1.38. The van der Waals surface area contributed by atoms with Crippen LogP contribution in [0.3, 0.4) is 0 Å². The third kappa shape index (κ3) is 2.71. The fourth-order valence-corrected chi connectivity index (χ4v) is 4.52. The van der Waals surface area contributed by atoms with Crippen LogP contribution in [0.5, 0.6) is 5.75 Å². The summed E-state index contributed by atoms with van der Waals surface area (Å²) in [6.07, 6.45) is 10.9. The van der Waals surface area contributed by atoms with Crippen molar-refractivity contribution in [1.82, 2.24) is 14.9 Å². The van der Waals surface area contributed by atoms with E-state index in [2.05, 4.69) is 52.2 Å². The number of piperidine rings is 1. The summed E-state index contributed by atoms with van der Waals surface area (Å²) >= 11 is 0. The Morgan fingerprint density at radius 3 is 2.72 bits per heavy atom. The molecule has 4 nitrogen and oxygen atoms in total. The van der Waals surface area contributed by atoms with Crippen molar-refractivity contribution in [3.05, 3.63) is 48.9 Å². The average molecular weight is 333 g/mol. The molecule has 128 valence electrons. The Morgan fingerprint density at radius 2 is 1.88 bits per heavy atom. The topological polar surface area (TPSA) is 41.1 Å². The zero-order chi connectivity index (χ0) is 16.8. The van der Waals surface area contributed by atoms with Gasteiger partial charge in [0.15, 0.2) is 0 Å². The Kier molecular flexibility index (Phi) is 3.52. The van der Waals surface area contributed by atoms with E-state index in [0.717, 1.165) is 29.7 Å². The van der Waals surface area contributed by atoms with Crippen molar-refractivity contribution in [1.29, 1.82) is 0 Å². The van der Waals surface area contributed by atoms with Crippen LogP contribution in [0, 0.1) is 0 Å². The number of ether oxygens (including phenoxy) is 1. The zero-order valence-corrected chi connectivity index (χ0v) is 14.5. The zero-order valence-electron chi connectivity index (χ0n) is 14.5. The molecule has 4 heteroatoms. The molecule has 2 atom stereocenters. The van der Waals surface area contributed by atoms with E-state index in [-0.39, 0.29) is 0 Å². The molecule has 2 aromatic heterocycles. The molecular weight excluding hydrogens is 310 g/mol. The second kappa shape index (κ2) is 5.88. The Bertz CT molecular complexity index is 889. The van der Waals surface area contributed by atoms with Gasteiger partial charge in [0.05, 0.1) is 6.20 Å². The predicted octanol–water partition coefficient (Wildman–Crippen LogP) is 4.23. The minimum absolute atomic E-state index is 0.318. The number of hydrogen-bond acceptors (Lipinski definition) is 3. The molecule has 2 saturated heterocycles. The molecule has 3 aromatic rings. The lowest BCUT2D eigenvalue weighted by atomic mass is 10.0. The lowest BCUT2D eigenvalue weighted by Gasteiger charge is -2.36. The number of nitrogens with zero attached hydrogens (tertiary/aromatic N) is 2. The first-order valence-electron chi connectivity index (χ1n) is 9.17. The molecule has 25 heavy (non-hydrogen) atoms. The van der Waals surface area contributed by atoms with Crippen molar-refractivity contribution in [3.63, 3.8) is 0 Å². The summed E-state index contributed by atoms with van der Waals surface area (Å²) in [5.41, 5.74) is 3.44. The van der Waals surface area contributed by atoms with Crippen LogP contribution in [0.1, 0.15) is 25.7 Å². The Hall–Kier alpha value is -2.33. The van der Waals surface area contributed by atoms with Gasteiger partial charge in [0, 0.05) is 35.6 Å². The van der Waals surface area contributed by atoms with E-state index >= 15 is 0 Å². The quantitative estimate of drug-likeness (QED) is 0.780. The molecule has 0 aliphatic carbocycles. The summed E-state index contributed by atoms with van der Waals surface area (Å²) in [7, 11) is 2.26. The van der Waals surface area contributed by atoms with Gasteiger partial charge in [0.1, 0.15) is 11.9 Å². The highest BCUT2D eigenvalue weighted by molar-refractivity contribution is 5.85. The average Bonchev–Trinajstić information content (AvgIpc) is 3.16. The van der Waals surface area contributed by atoms with Crippen LogP contribution in [0.15, 0.2) is 48.9 Å². The summed E-state index contributed by atoms with van der Waals surface area (Å²) in [6.45, 7) is 0.